The molecule has 1 aliphatic heterocycles. The molecule has 0 atom stereocenters. The molecule has 160 valence electrons. The lowest BCUT2D eigenvalue weighted by Crippen LogP contribution is -2.46. The Morgan fingerprint density at radius 1 is 0.933 bits per heavy atom. The van der Waals surface area contributed by atoms with E-state index in [1.807, 2.05) is 4.90 Å². The molecule has 1 saturated heterocycles. The van der Waals surface area contributed by atoms with Crippen LogP contribution in [0.3, 0.4) is 0 Å². The van der Waals surface area contributed by atoms with Crippen LogP contribution in [0.25, 0.3) is 5.65 Å². The zero-order valence-corrected chi connectivity index (χ0v) is 15.6. The largest absolute Gasteiger partial charge is 0.453 e. The first-order chi connectivity index (χ1) is 14.3. The van der Waals surface area contributed by atoms with E-state index in [1.54, 1.807) is 18.2 Å². The van der Waals surface area contributed by atoms with Crippen molar-refractivity contribution in [3.63, 3.8) is 0 Å². The lowest BCUT2D eigenvalue weighted by molar-refractivity contribution is -0.146. The van der Waals surface area contributed by atoms with Gasteiger partial charge in [0, 0.05) is 32.7 Å². The van der Waals surface area contributed by atoms with Crippen LogP contribution >= 0.6 is 0 Å². The Balaban J connectivity index is 1.38. The molecule has 7 nitrogen and oxygen atoms in total. The van der Waals surface area contributed by atoms with E-state index in [9.17, 15) is 22.0 Å². The van der Waals surface area contributed by atoms with Gasteiger partial charge >= 0.3 is 12.8 Å². The number of hydrogen-bond acceptors (Lipinski definition) is 6. The fraction of sp³-hybridized carbons (Fsp3) is 0.389. The topological polar surface area (TPSA) is 58.8 Å². The molecule has 1 aromatic carbocycles. The first kappa shape index (κ1) is 20.3. The number of piperazine rings is 1. The van der Waals surface area contributed by atoms with Gasteiger partial charge in [-0.2, -0.15) is 26.5 Å². The minimum atomic E-state index is -4.64. The lowest BCUT2D eigenvalue weighted by Gasteiger charge is -2.35. The Bertz CT molecular complexity index is 998. The van der Waals surface area contributed by atoms with Gasteiger partial charge in [0.15, 0.2) is 5.65 Å². The fourth-order valence-electron chi connectivity index (χ4n) is 3.29. The third-order valence-corrected chi connectivity index (χ3v) is 4.75. The molecule has 0 unspecified atom stereocenters. The predicted octanol–water partition coefficient (Wildman–Crippen LogP) is 3.07. The van der Waals surface area contributed by atoms with Gasteiger partial charge in [-0.1, -0.05) is 12.1 Å². The monoisotopic (exact) mass is 428 g/mol. The third kappa shape index (κ3) is 4.42. The number of benzene rings is 1. The average Bonchev–Trinajstić information content (AvgIpc) is 3.13. The number of rotatable bonds is 5. The van der Waals surface area contributed by atoms with Gasteiger partial charge in [0.2, 0.25) is 0 Å². The minimum Gasteiger partial charge on any atom is -0.435 e. The zero-order valence-electron chi connectivity index (χ0n) is 15.6. The number of ether oxygens (including phenoxy) is 1. The van der Waals surface area contributed by atoms with Gasteiger partial charge in [-0.15, -0.1) is 15.3 Å². The van der Waals surface area contributed by atoms with E-state index in [1.165, 1.54) is 18.2 Å². The number of nitrogens with zero attached hydrogens (tertiary/aromatic N) is 6. The molecular formula is C18H17F5N6O. The maximum absolute atomic E-state index is 13.0. The van der Waals surface area contributed by atoms with Crippen LogP contribution in [0.15, 0.2) is 36.4 Å². The van der Waals surface area contributed by atoms with E-state index in [-0.39, 0.29) is 11.4 Å². The van der Waals surface area contributed by atoms with E-state index in [2.05, 4.69) is 24.9 Å². The second-order valence-electron chi connectivity index (χ2n) is 6.77. The second kappa shape index (κ2) is 8.01. The van der Waals surface area contributed by atoms with Crippen LogP contribution < -0.4 is 9.64 Å². The molecule has 0 N–H and O–H groups in total. The van der Waals surface area contributed by atoms with Gasteiger partial charge in [0.1, 0.15) is 11.6 Å². The molecule has 0 bridgehead atoms. The van der Waals surface area contributed by atoms with Crippen molar-refractivity contribution >= 4 is 11.5 Å². The highest BCUT2D eigenvalue weighted by molar-refractivity contribution is 5.46. The van der Waals surface area contributed by atoms with Crippen molar-refractivity contribution in [2.24, 2.45) is 0 Å². The van der Waals surface area contributed by atoms with Crippen LogP contribution in [0, 0.1) is 0 Å². The smallest absolute Gasteiger partial charge is 0.435 e. The third-order valence-electron chi connectivity index (χ3n) is 4.75. The molecule has 1 fully saturated rings. The zero-order chi connectivity index (χ0) is 21.3. The molecule has 12 heteroatoms. The van der Waals surface area contributed by atoms with Crippen molar-refractivity contribution in [1.82, 2.24) is 24.7 Å². The van der Waals surface area contributed by atoms with Crippen LogP contribution in [0.2, 0.25) is 0 Å². The maximum atomic E-state index is 13.0. The fourth-order valence-corrected chi connectivity index (χ4v) is 3.29. The van der Waals surface area contributed by atoms with E-state index in [4.69, 9.17) is 0 Å². The summed E-state index contributed by atoms with van der Waals surface area (Å²) in [6.45, 7) is 0.261. The van der Waals surface area contributed by atoms with Gasteiger partial charge in [-0.3, -0.25) is 4.90 Å². The normalized spacial score (nSPS) is 15.9. The molecule has 30 heavy (non-hydrogen) atoms. The molecule has 1 aliphatic rings. The van der Waals surface area contributed by atoms with E-state index in [0.29, 0.717) is 43.1 Å². The quantitative estimate of drug-likeness (QED) is 0.583. The maximum Gasteiger partial charge on any atom is 0.453 e. The Labute approximate surface area is 167 Å². The van der Waals surface area contributed by atoms with Crippen LogP contribution in [0.4, 0.5) is 27.8 Å². The van der Waals surface area contributed by atoms with Gasteiger partial charge in [-0.05, 0) is 29.8 Å². The van der Waals surface area contributed by atoms with E-state index < -0.39 is 18.6 Å². The summed E-state index contributed by atoms with van der Waals surface area (Å²) in [6.07, 6.45) is -4.64. The highest BCUT2D eigenvalue weighted by atomic mass is 19.4. The Hall–Kier alpha value is -3.02. The van der Waals surface area contributed by atoms with Gasteiger partial charge in [-0.25, -0.2) is 0 Å². The highest BCUT2D eigenvalue weighted by Gasteiger charge is 2.37. The van der Waals surface area contributed by atoms with Crippen molar-refractivity contribution in [2.45, 2.75) is 19.3 Å². The van der Waals surface area contributed by atoms with Gasteiger partial charge in [0.25, 0.3) is 5.82 Å². The summed E-state index contributed by atoms with van der Waals surface area (Å²) in [5, 5.41) is 10.8. The van der Waals surface area contributed by atoms with Gasteiger partial charge in [0.05, 0.1) is 0 Å². The Morgan fingerprint density at radius 3 is 2.27 bits per heavy atom. The molecule has 2 aromatic heterocycles. The van der Waals surface area contributed by atoms with Crippen LogP contribution in [-0.2, 0) is 12.7 Å². The average molecular weight is 428 g/mol. The van der Waals surface area contributed by atoms with Crippen LogP contribution in [0.5, 0.6) is 5.75 Å². The number of anilines is 1. The minimum absolute atomic E-state index is 0.0315. The van der Waals surface area contributed by atoms with Crippen LogP contribution in [-0.4, -0.2) is 57.5 Å². The number of alkyl halides is 5. The first-order valence-corrected chi connectivity index (χ1v) is 9.10. The molecule has 0 saturated carbocycles. The van der Waals surface area contributed by atoms with E-state index in [0.717, 1.165) is 5.56 Å². The molecule has 0 spiro atoms. The highest BCUT2D eigenvalue weighted by Crippen LogP contribution is 2.28. The van der Waals surface area contributed by atoms with Crippen molar-refractivity contribution in [2.75, 3.05) is 31.1 Å². The summed E-state index contributed by atoms with van der Waals surface area (Å²) in [4.78, 5) is 4.06. The summed E-state index contributed by atoms with van der Waals surface area (Å²) in [5.41, 5.74) is 0.980. The number of aromatic nitrogens is 4. The predicted molar refractivity (Wildman–Crippen MR) is 96.3 cm³/mol. The summed E-state index contributed by atoms with van der Waals surface area (Å²) >= 11 is 0. The van der Waals surface area contributed by atoms with Crippen molar-refractivity contribution in [3.8, 4) is 5.75 Å². The SMILES string of the molecule is FC(F)Oc1ccc(CN2CCN(c3ccc4nnc(C(F)(F)F)n4n3)CC2)cc1. The molecule has 0 radical (unpaired) electrons. The molecule has 4 rings (SSSR count). The Morgan fingerprint density at radius 2 is 1.63 bits per heavy atom. The summed E-state index contributed by atoms with van der Waals surface area (Å²) in [5.74, 6) is -0.634. The standard InChI is InChI=1S/C18H17F5N6O/c19-17(20)30-13-3-1-12(2-4-13)11-27-7-9-28(10-8-27)15-6-5-14-24-25-16(18(21,22)23)29(14)26-15/h1-6,17H,7-11H2. The van der Waals surface area contributed by atoms with E-state index >= 15 is 0 Å². The Kier molecular flexibility index (Phi) is 5.41. The number of hydrogen-bond donors (Lipinski definition) is 0. The van der Waals surface area contributed by atoms with Crippen molar-refractivity contribution in [3.05, 3.63) is 47.8 Å². The summed E-state index contributed by atoms with van der Waals surface area (Å²) in [7, 11) is 0. The van der Waals surface area contributed by atoms with Crippen LogP contribution in [0.1, 0.15) is 11.4 Å². The second-order valence-corrected chi connectivity index (χ2v) is 6.77. The van der Waals surface area contributed by atoms with Crippen molar-refractivity contribution < 1.29 is 26.7 Å². The number of halogens is 5. The molecular weight excluding hydrogens is 411 g/mol. The molecule has 0 aliphatic carbocycles. The molecule has 0 amide bonds. The van der Waals surface area contributed by atoms with Gasteiger partial charge < -0.3 is 9.64 Å². The summed E-state index contributed by atoms with van der Waals surface area (Å²) < 4.78 is 68.6. The van der Waals surface area contributed by atoms with Crippen molar-refractivity contribution in [1.29, 1.82) is 0 Å². The lowest BCUT2D eigenvalue weighted by atomic mass is 10.2. The number of fused-ring (bicyclic) bond motifs is 1. The first-order valence-electron chi connectivity index (χ1n) is 9.10. The molecule has 3 aromatic rings. The summed E-state index contributed by atoms with van der Waals surface area (Å²) in [6, 6.07) is 9.53. The molecule has 3 heterocycles.